The minimum absolute atomic E-state index is 0.0915. The van der Waals surface area contributed by atoms with Crippen LogP contribution in [0.2, 0.25) is 0 Å². The van der Waals surface area contributed by atoms with Crippen molar-refractivity contribution in [2.45, 2.75) is 76.4 Å². The van der Waals surface area contributed by atoms with E-state index in [0.717, 1.165) is 34.5 Å². The molecule has 200 valence electrons. The third-order valence-corrected chi connectivity index (χ3v) is 8.36. The van der Waals surface area contributed by atoms with E-state index in [1.54, 1.807) is 7.11 Å². The van der Waals surface area contributed by atoms with E-state index in [-0.39, 0.29) is 24.9 Å². The zero-order valence-electron chi connectivity index (χ0n) is 22.6. The van der Waals surface area contributed by atoms with Gasteiger partial charge in [-0.3, -0.25) is 9.59 Å². The minimum atomic E-state index is -0.893. The summed E-state index contributed by atoms with van der Waals surface area (Å²) in [6.07, 6.45) is 7.31. The number of carbonyl (C=O) groups excluding carboxylic acids is 2. The number of nitrogens with one attached hydrogen (secondary N) is 1. The SMILES string of the molecule is COCCOC(=O)CCC(C)(C#N)CC(C)(SC(=S)C1CCCCC1)C(=O)NCCC[N+](C)(C)C. The average Bonchev–Trinajstić information content (AvgIpc) is 2.80. The highest BCUT2D eigenvalue weighted by Crippen LogP contribution is 2.43. The highest BCUT2D eigenvalue weighted by molar-refractivity contribution is 8.24. The van der Waals surface area contributed by atoms with Crippen LogP contribution in [-0.4, -0.2) is 79.9 Å². The van der Waals surface area contributed by atoms with Gasteiger partial charge in [-0.1, -0.05) is 31.5 Å². The van der Waals surface area contributed by atoms with Crippen molar-refractivity contribution < 1.29 is 23.5 Å². The first kappa shape index (κ1) is 31.8. The van der Waals surface area contributed by atoms with Crippen LogP contribution in [0.25, 0.3) is 0 Å². The van der Waals surface area contributed by atoms with Gasteiger partial charge in [-0.15, -0.1) is 11.8 Å². The fraction of sp³-hybridized carbons (Fsp3) is 0.846. The molecule has 2 unspecified atom stereocenters. The molecular formula is C26H46N3O4S2+. The topological polar surface area (TPSA) is 88.4 Å². The number of nitrogens with zero attached hydrogens (tertiary/aromatic N) is 2. The smallest absolute Gasteiger partial charge is 0.305 e. The summed E-state index contributed by atoms with van der Waals surface area (Å²) < 4.78 is 10.9. The molecule has 2 atom stereocenters. The molecule has 0 bridgehead atoms. The second kappa shape index (κ2) is 15.1. The van der Waals surface area contributed by atoms with Crippen LogP contribution in [0, 0.1) is 22.7 Å². The first-order valence-corrected chi connectivity index (χ1v) is 13.9. The largest absolute Gasteiger partial charge is 0.463 e. The molecule has 0 heterocycles. The van der Waals surface area contributed by atoms with Gasteiger partial charge in [-0.05, 0) is 39.5 Å². The van der Waals surface area contributed by atoms with Crippen molar-refractivity contribution >= 4 is 40.1 Å². The molecule has 1 saturated carbocycles. The van der Waals surface area contributed by atoms with Crippen LogP contribution < -0.4 is 5.32 Å². The van der Waals surface area contributed by atoms with E-state index in [2.05, 4.69) is 32.5 Å². The molecule has 0 aliphatic heterocycles. The van der Waals surface area contributed by atoms with E-state index < -0.39 is 10.2 Å². The third-order valence-electron chi connectivity index (χ3n) is 6.46. The molecule has 1 N–H and O–H groups in total. The van der Waals surface area contributed by atoms with Crippen LogP contribution in [0.1, 0.15) is 71.6 Å². The summed E-state index contributed by atoms with van der Waals surface area (Å²) in [5.74, 6) is -0.121. The summed E-state index contributed by atoms with van der Waals surface area (Å²) in [5.41, 5.74) is -0.871. The first-order valence-electron chi connectivity index (χ1n) is 12.7. The van der Waals surface area contributed by atoms with E-state index >= 15 is 0 Å². The maximum absolute atomic E-state index is 13.5. The van der Waals surface area contributed by atoms with E-state index in [9.17, 15) is 14.9 Å². The summed E-state index contributed by atoms with van der Waals surface area (Å²) in [4.78, 5) is 25.6. The Balaban J connectivity index is 2.92. The lowest BCUT2D eigenvalue weighted by molar-refractivity contribution is -0.870. The van der Waals surface area contributed by atoms with Gasteiger partial charge in [0.1, 0.15) is 6.61 Å². The standard InChI is InChI=1S/C26H45N3O4S2/c1-25(20-27,14-13-22(30)33-18-17-32-6)19-26(2,24(31)28-15-10-16-29(3,4)5)35-23(34)21-11-8-7-9-12-21/h21H,7-19H2,1-6H3/p+1. The minimum Gasteiger partial charge on any atom is -0.463 e. The average molecular weight is 529 g/mol. The van der Waals surface area contributed by atoms with Gasteiger partial charge in [0.05, 0.1) is 54.7 Å². The van der Waals surface area contributed by atoms with Crippen LogP contribution in [0.5, 0.6) is 0 Å². The molecule has 0 aromatic rings. The zero-order valence-corrected chi connectivity index (χ0v) is 24.2. The van der Waals surface area contributed by atoms with Gasteiger partial charge in [0.2, 0.25) is 5.91 Å². The summed E-state index contributed by atoms with van der Waals surface area (Å²) in [6.45, 7) is 5.78. The molecular weight excluding hydrogens is 482 g/mol. The fourth-order valence-corrected chi connectivity index (χ4v) is 6.56. The number of hydrogen-bond donors (Lipinski definition) is 1. The van der Waals surface area contributed by atoms with E-state index in [0.29, 0.717) is 31.9 Å². The maximum atomic E-state index is 13.5. The van der Waals surface area contributed by atoms with Crippen LogP contribution in [0.15, 0.2) is 0 Å². The van der Waals surface area contributed by atoms with Gasteiger partial charge in [0, 0.05) is 32.4 Å². The molecule has 0 radical (unpaired) electrons. The van der Waals surface area contributed by atoms with E-state index in [1.807, 2.05) is 13.8 Å². The number of nitriles is 1. The molecule has 1 amide bonds. The van der Waals surface area contributed by atoms with Crippen molar-refractivity contribution in [3.8, 4) is 6.07 Å². The van der Waals surface area contributed by atoms with Gasteiger partial charge >= 0.3 is 5.97 Å². The van der Waals surface area contributed by atoms with Crippen LogP contribution >= 0.6 is 24.0 Å². The summed E-state index contributed by atoms with van der Waals surface area (Å²) in [6, 6.07) is 2.38. The molecule has 1 aliphatic rings. The molecule has 1 fully saturated rings. The number of hydrogen-bond acceptors (Lipinski definition) is 7. The molecule has 35 heavy (non-hydrogen) atoms. The Morgan fingerprint density at radius 1 is 1.17 bits per heavy atom. The predicted molar refractivity (Wildman–Crippen MR) is 146 cm³/mol. The molecule has 0 aromatic carbocycles. The van der Waals surface area contributed by atoms with Crippen molar-refractivity contribution in [2.75, 3.05) is 54.6 Å². The van der Waals surface area contributed by atoms with E-state index in [4.69, 9.17) is 21.7 Å². The molecule has 1 aliphatic carbocycles. The van der Waals surface area contributed by atoms with Crippen LogP contribution in [0.3, 0.4) is 0 Å². The highest BCUT2D eigenvalue weighted by atomic mass is 32.2. The normalized spacial score (nSPS) is 18.1. The summed E-state index contributed by atoms with van der Waals surface area (Å²) in [7, 11) is 7.93. The lowest BCUT2D eigenvalue weighted by Crippen LogP contribution is -2.47. The van der Waals surface area contributed by atoms with Crippen molar-refractivity contribution in [2.24, 2.45) is 11.3 Å². The number of amides is 1. The monoisotopic (exact) mass is 528 g/mol. The van der Waals surface area contributed by atoms with Crippen molar-refractivity contribution in [1.29, 1.82) is 5.26 Å². The zero-order chi connectivity index (χ0) is 26.5. The third kappa shape index (κ3) is 12.5. The number of thiocarbonyl (C=S) groups is 1. The molecule has 0 aromatic heterocycles. The number of carbonyl (C=O) groups is 2. The van der Waals surface area contributed by atoms with Gasteiger partial charge in [0.25, 0.3) is 0 Å². The van der Waals surface area contributed by atoms with Crippen molar-refractivity contribution in [3.63, 3.8) is 0 Å². The van der Waals surface area contributed by atoms with Gasteiger partial charge in [-0.2, -0.15) is 5.26 Å². The van der Waals surface area contributed by atoms with Gasteiger partial charge in [-0.25, -0.2) is 0 Å². The quantitative estimate of drug-likeness (QED) is 0.145. The number of esters is 1. The number of rotatable bonds is 15. The first-order chi connectivity index (χ1) is 16.3. The highest BCUT2D eigenvalue weighted by Gasteiger charge is 2.43. The van der Waals surface area contributed by atoms with Crippen molar-refractivity contribution in [3.05, 3.63) is 0 Å². The summed E-state index contributed by atoms with van der Waals surface area (Å²) in [5, 5.41) is 13.2. The molecule has 7 nitrogen and oxygen atoms in total. The Hall–Kier alpha value is -1.21. The second-order valence-corrected chi connectivity index (χ2v) is 13.4. The Bertz CT molecular complexity index is 744. The number of ether oxygens (including phenoxy) is 2. The maximum Gasteiger partial charge on any atom is 0.305 e. The number of thioether (sulfide) groups is 1. The van der Waals surface area contributed by atoms with Gasteiger partial charge < -0.3 is 19.3 Å². The lowest BCUT2D eigenvalue weighted by Gasteiger charge is -2.36. The van der Waals surface area contributed by atoms with Crippen LogP contribution in [-0.2, 0) is 19.1 Å². The predicted octanol–water partition coefficient (Wildman–Crippen LogP) is 4.49. The van der Waals surface area contributed by atoms with E-state index in [1.165, 1.54) is 31.0 Å². The lowest BCUT2D eigenvalue weighted by atomic mass is 9.78. The Morgan fingerprint density at radius 2 is 1.83 bits per heavy atom. The Kier molecular flexibility index (Phi) is 13.8. The number of quaternary nitrogens is 1. The Morgan fingerprint density at radius 3 is 2.40 bits per heavy atom. The van der Waals surface area contributed by atoms with Gasteiger partial charge in [0.15, 0.2) is 0 Å². The molecule has 0 spiro atoms. The fourth-order valence-electron chi connectivity index (χ4n) is 4.37. The van der Waals surface area contributed by atoms with Crippen LogP contribution in [0.4, 0.5) is 0 Å². The van der Waals surface area contributed by atoms with Crippen molar-refractivity contribution in [1.82, 2.24) is 5.32 Å². The number of methoxy groups -OCH3 is 1. The Labute approximate surface area is 222 Å². The molecule has 1 rings (SSSR count). The second-order valence-electron chi connectivity index (χ2n) is 11.2. The summed E-state index contributed by atoms with van der Waals surface area (Å²) >= 11 is 7.28. The molecule has 0 saturated heterocycles. The molecule has 9 heteroatoms.